The largest absolute Gasteiger partial charge is 0.368 e. The molecule has 11 heteroatoms. The van der Waals surface area contributed by atoms with Crippen molar-refractivity contribution in [2.75, 3.05) is 44.6 Å². The third-order valence-electron chi connectivity index (χ3n) is 7.06. The molecule has 0 spiro atoms. The number of rotatable bonds is 8. The molecule has 1 fully saturated rings. The Kier molecular flexibility index (Phi) is 7.27. The van der Waals surface area contributed by atoms with E-state index in [4.69, 9.17) is 0 Å². The predicted octanol–water partition coefficient (Wildman–Crippen LogP) is 3.51. The first kappa shape index (κ1) is 25.3. The molecule has 1 amide bonds. The van der Waals surface area contributed by atoms with Crippen molar-refractivity contribution in [3.05, 3.63) is 76.2 Å². The van der Waals surface area contributed by atoms with Gasteiger partial charge in [-0.05, 0) is 38.1 Å². The summed E-state index contributed by atoms with van der Waals surface area (Å²) in [5.74, 6) is 0.758. The minimum absolute atomic E-state index is 0.0214. The van der Waals surface area contributed by atoms with Crippen LogP contribution in [0.25, 0.3) is 22.2 Å². The summed E-state index contributed by atoms with van der Waals surface area (Å²) in [6.45, 7) is 6.77. The highest BCUT2D eigenvalue weighted by molar-refractivity contribution is 5.99. The summed E-state index contributed by atoms with van der Waals surface area (Å²) in [5.41, 5.74) is 3.90. The predicted molar refractivity (Wildman–Crippen MR) is 145 cm³/mol. The van der Waals surface area contributed by atoms with Crippen molar-refractivity contribution in [2.24, 2.45) is 7.05 Å². The van der Waals surface area contributed by atoms with E-state index in [-0.39, 0.29) is 11.6 Å². The average molecular weight is 515 g/mol. The van der Waals surface area contributed by atoms with Crippen molar-refractivity contribution < 1.29 is 9.72 Å². The van der Waals surface area contributed by atoms with E-state index in [9.17, 15) is 14.9 Å². The molecular weight excluding hydrogens is 484 g/mol. The molecule has 0 bridgehead atoms. The van der Waals surface area contributed by atoms with Gasteiger partial charge in [0.05, 0.1) is 10.4 Å². The highest BCUT2D eigenvalue weighted by Crippen LogP contribution is 2.33. The van der Waals surface area contributed by atoms with Crippen LogP contribution in [-0.2, 0) is 7.05 Å². The molecule has 0 unspecified atom stereocenters. The number of non-ortho nitro benzene ring substituents is 1. The van der Waals surface area contributed by atoms with Crippen molar-refractivity contribution in [2.45, 2.75) is 13.3 Å². The minimum atomic E-state index is -0.404. The molecule has 0 saturated carbocycles. The number of fused-ring (bicyclic) bond motifs is 1. The van der Waals surface area contributed by atoms with Crippen LogP contribution >= 0.6 is 0 Å². The normalized spacial score (nSPS) is 14.1. The van der Waals surface area contributed by atoms with Crippen LogP contribution < -0.4 is 5.32 Å². The number of carbonyl (C=O) groups is 1. The number of hydrogen-bond donors (Lipinski definition) is 1. The van der Waals surface area contributed by atoms with E-state index >= 15 is 0 Å². The van der Waals surface area contributed by atoms with Crippen molar-refractivity contribution in [3.63, 3.8) is 0 Å². The highest BCUT2D eigenvalue weighted by Gasteiger charge is 2.22. The lowest BCUT2D eigenvalue weighted by molar-refractivity contribution is -0.384. The maximum Gasteiger partial charge on any atom is 0.270 e. The third kappa shape index (κ3) is 5.18. The zero-order valence-electron chi connectivity index (χ0n) is 21.5. The van der Waals surface area contributed by atoms with Crippen LogP contribution in [0.1, 0.15) is 22.5 Å². The Morgan fingerprint density at radius 3 is 2.58 bits per heavy atom. The Balaban J connectivity index is 1.20. The molecule has 5 rings (SSSR count). The molecule has 1 aliphatic rings. The molecule has 3 aromatic heterocycles. The fraction of sp³-hybridized carbons (Fsp3) is 0.333. The summed E-state index contributed by atoms with van der Waals surface area (Å²) >= 11 is 0. The molecular formula is C27H30N8O3. The van der Waals surface area contributed by atoms with Gasteiger partial charge < -0.3 is 14.8 Å². The van der Waals surface area contributed by atoms with Gasteiger partial charge in [-0.2, -0.15) is 0 Å². The van der Waals surface area contributed by atoms with Crippen LogP contribution in [0.2, 0.25) is 0 Å². The van der Waals surface area contributed by atoms with Gasteiger partial charge in [-0.3, -0.25) is 24.8 Å². The van der Waals surface area contributed by atoms with Crippen molar-refractivity contribution in [1.29, 1.82) is 0 Å². The Bertz CT molecular complexity index is 1460. The number of aromatic nitrogens is 4. The molecule has 1 saturated heterocycles. The number of carbonyl (C=O) groups excluding carboxylic acids is 1. The Morgan fingerprint density at radius 1 is 1.08 bits per heavy atom. The van der Waals surface area contributed by atoms with Gasteiger partial charge >= 0.3 is 0 Å². The van der Waals surface area contributed by atoms with Crippen molar-refractivity contribution in [1.82, 2.24) is 29.5 Å². The van der Waals surface area contributed by atoms with E-state index in [1.54, 1.807) is 30.6 Å². The molecule has 0 atom stereocenters. The number of nitrogens with zero attached hydrogens (tertiary/aromatic N) is 7. The van der Waals surface area contributed by atoms with Gasteiger partial charge in [0.25, 0.3) is 11.6 Å². The highest BCUT2D eigenvalue weighted by atomic mass is 16.6. The number of nitrogens with one attached hydrogen (secondary N) is 1. The van der Waals surface area contributed by atoms with Crippen LogP contribution in [-0.4, -0.2) is 79.6 Å². The number of amides is 1. The summed E-state index contributed by atoms with van der Waals surface area (Å²) < 4.78 is 2.04. The summed E-state index contributed by atoms with van der Waals surface area (Å²) in [7, 11) is 1.96. The van der Waals surface area contributed by atoms with E-state index in [1.807, 2.05) is 29.5 Å². The number of nitro benzene ring substituents is 1. The van der Waals surface area contributed by atoms with E-state index in [0.717, 1.165) is 49.2 Å². The molecule has 1 N–H and O–H groups in total. The van der Waals surface area contributed by atoms with E-state index in [0.29, 0.717) is 35.7 Å². The zero-order chi connectivity index (χ0) is 26.6. The maximum absolute atomic E-state index is 12.6. The van der Waals surface area contributed by atoms with E-state index < -0.39 is 4.92 Å². The Morgan fingerprint density at radius 2 is 1.84 bits per heavy atom. The van der Waals surface area contributed by atoms with Gasteiger partial charge in [-0.1, -0.05) is 12.1 Å². The monoisotopic (exact) mass is 514 g/mol. The van der Waals surface area contributed by atoms with Gasteiger partial charge in [-0.15, -0.1) is 10.2 Å². The zero-order valence-corrected chi connectivity index (χ0v) is 21.5. The summed E-state index contributed by atoms with van der Waals surface area (Å²) in [5, 5.41) is 24.5. The lowest BCUT2D eigenvalue weighted by Crippen LogP contribution is -2.49. The quantitative estimate of drug-likeness (QED) is 0.215. The molecule has 0 radical (unpaired) electrons. The first-order valence-corrected chi connectivity index (χ1v) is 12.7. The summed E-state index contributed by atoms with van der Waals surface area (Å²) in [4.78, 5) is 31.8. The number of nitro groups is 1. The number of aryl methyl sites for hydroxylation is 2. The molecule has 1 aromatic carbocycles. The van der Waals surface area contributed by atoms with Crippen molar-refractivity contribution >= 4 is 28.3 Å². The topological polar surface area (TPSA) is 122 Å². The Labute approximate surface area is 220 Å². The molecule has 1 aliphatic heterocycles. The van der Waals surface area contributed by atoms with Crippen LogP contribution in [0.3, 0.4) is 0 Å². The maximum atomic E-state index is 12.6. The number of piperazine rings is 1. The first-order valence-electron chi connectivity index (χ1n) is 12.7. The van der Waals surface area contributed by atoms with Crippen LogP contribution in [0.15, 0.2) is 54.9 Å². The number of hydrogen-bond acceptors (Lipinski definition) is 8. The number of benzene rings is 1. The minimum Gasteiger partial charge on any atom is -0.368 e. The fourth-order valence-corrected chi connectivity index (χ4v) is 4.85. The van der Waals surface area contributed by atoms with Crippen molar-refractivity contribution in [3.8, 4) is 11.3 Å². The lowest BCUT2D eigenvalue weighted by atomic mass is 10.1. The van der Waals surface area contributed by atoms with Crippen LogP contribution in [0.5, 0.6) is 0 Å². The fourth-order valence-electron chi connectivity index (χ4n) is 4.85. The summed E-state index contributed by atoms with van der Waals surface area (Å²) in [6, 6.07) is 12.1. The van der Waals surface area contributed by atoms with Gasteiger partial charge in [0.15, 0.2) is 5.82 Å². The summed E-state index contributed by atoms with van der Waals surface area (Å²) in [6.07, 6.45) is 4.21. The smallest absolute Gasteiger partial charge is 0.270 e. The SMILES string of the molecule is Cc1cc2c(NCCCN3CCN(C(=O)c4ccncc4)CC3)nnc(-c3cccc([N+](=O)[O-])c3)c2n1C. The second kappa shape index (κ2) is 10.9. The van der Waals surface area contributed by atoms with Crippen LogP contribution in [0, 0.1) is 17.0 Å². The van der Waals surface area contributed by atoms with E-state index in [2.05, 4.69) is 31.5 Å². The second-order valence-electron chi connectivity index (χ2n) is 9.46. The number of pyridine rings is 1. The molecule has 196 valence electrons. The lowest BCUT2D eigenvalue weighted by Gasteiger charge is -2.34. The molecule has 38 heavy (non-hydrogen) atoms. The van der Waals surface area contributed by atoms with Gasteiger partial charge in [0.2, 0.25) is 0 Å². The molecule has 11 nitrogen and oxygen atoms in total. The molecule has 4 heterocycles. The Hall–Kier alpha value is -4.38. The second-order valence-corrected chi connectivity index (χ2v) is 9.46. The van der Waals surface area contributed by atoms with Gasteiger partial charge in [0, 0.05) is 86.5 Å². The van der Waals surface area contributed by atoms with E-state index in [1.165, 1.54) is 12.1 Å². The first-order chi connectivity index (χ1) is 18.4. The average Bonchev–Trinajstić information content (AvgIpc) is 3.25. The molecule has 4 aromatic rings. The standard InChI is InChI=1S/C27H30N8O3/c1-19-17-23-25(32(19)2)24(21-5-3-6-22(18-21)35(37)38)30-31-26(23)29-9-4-12-33-13-15-34(16-14-33)27(36)20-7-10-28-11-8-20/h3,5-8,10-11,17-18H,4,9,12-16H2,1-2H3,(H,29,31). The van der Waals surface area contributed by atoms with Gasteiger partial charge in [0.1, 0.15) is 5.69 Å². The van der Waals surface area contributed by atoms with Gasteiger partial charge in [-0.25, -0.2) is 0 Å². The third-order valence-corrected chi connectivity index (χ3v) is 7.06. The van der Waals surface area contributed by atoms with Crippen LogP contribution in [0.4, 0.5) is 11.5 Å². The number of anilines is 1. The molecule has 0 aliphatic carbocycles.